The van der Waals surface area contributed by atoms with Crippen LogP contribution in [0.15, 0.2) is 70.4 Å². The number of hydrazone groups is 1. The first-order valence-electron chi connectivity index (χ1n) is 9.06. The van der Waals surface area contributed by atoms with E-state index in [1.165, 1.54) is 0 Å². The molecule has 0 aliphatic carbocycles. The number of guanidine groups is 1. The Kier molecular flexibility index (Phi) is 5.08. The van der Waals surface area contributed by atoms with Crippen LogP contribution < -0.4 is 15.4 Å². The Morgan fingerprint density at radius 2 is 1.67 bits per heavy atom. The third kappa shape index (κ3) is 3.95. The van der Waals surface area contributed by atoms with Crippen LogP contribution in [0.3, 0.4) is 0 Å². The fraction of sp³-hybridized carbons (Fsp3) is 0.0952. The van der Waals surface area contributed by atoms with Crippen molar-refractivity contribution in [2.24, 2.45) is 10.1 Å². The average Bonchev–Trinajstić information content (AvgIpc) is 3.04. The lowest BCUT2D eigenvalue weighted by Gasteiger charge is -2.18. The fourth-order valence-corrected chi connectivity index (χ4v) is 2.91. The number of amidine groups is 1. The number of rotatable bonds is 4. The molecule has 0 saturated carbocycles. The van der Waals surface area contributed by atoms with E-state index in [1.54, 1.807) is 49.6 Å². The largest absolute Gasteiger partial charge is 0.497 e. The number of nitrogens with one attached hydrogen (secondary N) is 2. The quantitative estimate of drug-likeness (QED) is 0.591. The first kappa shape index (κ1) is 19.1. The van der Waals surface area contributed by atoms with Crippen molar-refractivity contribution < 1.29 is 19.1 Å². The summed E-state index contributed by atoms with van der Waals surface area (Å²) in [6.45, 7) is 0. The first-order valence-corrected chi connectivity index (χ1v) is 9.06. The summed E-state index contributed by atoms with van der Waals surface area (Å²) in [6, 6.07) is 16.2. The van der Waals surface area contributed by atoms with Crippen molar-refractivity contribution in [2.45, 2.75) is 6.42 Å². The lowest BCUT2D eigenvalue weighted by Crippen LogP contribution is -2.52. The minimum Gasteiger partial charge on any atom is -0.497 e. The zero-order chi connectivity index (χ0) is 21.1. The van der Waals surface area contributed by atoms with Crippen molar-refractivity contribution in [1.29, 1.82) is 0 Å². The molecule has 9 nitrogen and oxygen atoms in total. The molecular weight excluding hydrogens is 386 g/mol. The number of benzene rings is 2. The highest BCUT2D eigenvalue weighted by Gasteiger charge is 2.33. The van der Waals surface area contributed by atoms with Gasteiger partial charge in [-0.1, -0.05) is 42.5 Å². The van der Waals surface area contributed by atoms with E-state index in [4.69, 9.17) is 4.74 Å². The third-order valence-electron chi connectivity index (χ3n) is 4.33. The molecule has 2 aromatic rings. The van der Waals surface area contributed by atoms with E-state index >= 15 is 0 Å². The monoisotopic (exact) mass is 403 g/mol. The second kappa shape index (κ2) is 8.00. The topological polar surface area (TPSA) is 112 Å². The Bertz CT molecular complexity index is 1090. The minimum atomic E-state index is -0.503. The number of hydrogen-bond acceptors (Lipinski definition) is 6. The van der Waals surface area contributed by atoms with E-state index in [-0.39, 0.29) is 23.9 Å². The maximum Gasteiger partial charge on any atom is 0.298 e. The summed E-state index contributed by atoms with van der Waals surface area (Å²) in [5, 5.41) is 10.1. The normalized spacial score (nSPS) is 17.6. The van der Waals surface area contributed by atoms with Gasteiger partial charge in [-0.05, 0) is 23.8 Å². The van der Waals surface area contributed by atoms with Gasteiger partial charge in [-0.2, -0.15) is 5.01 Å². The van der Waals surface area contributed by atoms with Crippen LogP contribution >= 0.6 is 0 Å². The number of carbonyl (C=O) groups excluding carboxylic acids is 3. The van der Waals surface area contributed by atoms with Gasteiger partial charge in [0, 0.05) is 5.56 Å². The molecule has 0 spiro atoms. The van der Waals surface area contributed by atoms with Crippen LogP contribution in [0, 0.1) is 0 Å². The summed E-state index contributed by atoms with van der Waals surface area (Å²) >= 11 is 0. The highest BCUT2D eigenvalue weighted by Crippen LogP contribution is 2.23. The molecule has 2 aliphatic rings. The standard InChI is InChI=1S/C21H17N5O4/c1-30-15-9-7-13(8-10-15)11-16-20(29)26(19(22-16)14-5-3-2-4-6-14)25-21-23-17(27)12-18(28)24-21/h2-11H,12H2,1H3,(H2,23,24,25,27,28)/b16-11+. The van der Waals surface area contributed by atoms with Gasteiger partial charge in [0.25, 0.3) is 5.91 Å². The predicted molar refractivity (Wildman–Crippen MR) is 109 cm³/mol. The number of hydrogen-bond donors (Lipinski definition) is 2. The van der Waals surface area contributed by atoms with Crippen molar-refractivity contribution in [2.75, 3.05) is 7.11 Å². The van der Waals surface area contributed by atoms with E-state index in [0.29, 0.717) is 11.3 Å². The van der Waals surface area contributed by atoms with Crippen LogP contribution in [-0.4, -0.2) is 41.6 Å². The summed E-state index contributed by atoms with van der Waals surface area (Å²) in [4.78, 5) is 40.8. The van der Waals surface area contributed by atoms with E-state index in [0.717, 1.165) is 10.6 Å². The number of amides is 3. The van der Waals surface area contributed by atoms with Crippen LogP contribution in [0.25, 0.3) is 6.08 Å². The number of ether oxygens (including phenoxy) is 1. The Hall–Kier alpha value is -4.27. The first-order chi connectivity index (χ1) is 14.5. The molecule has 2 N–H and O–H groups in total. The Morgan fingerprint density at radius 3 is 2.30 bits per heavy atom. The summed E-state index contributed by atoms with van der Waals surface area (Å²) in [7, 11) is 1.57. The molecule has 0 radical (unpaired) electrons. The van der Waals surface area contributed by atoms with Crippen molar-refractivity contribution >= 4 is 35.6 Å². The SMILES string of the molecule is COc1ccc(/C=C2/N=C(c3ccccc3)N(N=C3NC(=O)CC(=O)N3)C2=O)cc1. The zero-order valence-electron chi connectivity index (χ0n) is 16.0. The van der Waals surface area contributed by atoms with Crippen LogP contribution in [-0.2, 0) is 14.4 Å². The van der Waals surface area contributed by atoms with Crippen molar-refractivity contribution in [1.82, 2.24) is 15.6 Å². The maximum absolute atomic E-state index is 13.0. The van der Waals surface area contributed by atoms with Gasteiger partial charge in [0.15, 0.2) is 5.84 Å². The Balaban J connectivity index is 1.72. The van der Waals surface area contributed by atoms with E-state index in [1.807, 2.05) is 18.2 Å². The number of methoxy groups -OCH3 is 1. The van der Waals surface area contributed by atoms with Crippen LogP contribution in [0.1, 0.15) is 17.5 Å². The molecule has 0 aromatic heterocycles. The van der Waals surface area contributed by atoms with Crippen LogP contribution in [0.4, 0.5) is 0 Å². The average molecular weight is 403 g/mol. The lowest BCUT2D eigenvalue weighted by molar-refractivity contribution is -0.129. The maximum atomic E-state index is 13.0. The molecule has 3 amide bonds. The van der Waals surface area contributed by atoms with E-state index in [2.05, 4.69) is 20.7 Å². The second-order valence-corrected chi connectivity index (χ2v) is 6.44. The van der Waals surface area contributed by atoms with Crippen molar-refractivity contribution in [3.8, 4) is 5.75 Å². The number of aliphatic imine (C=N–C) groups is 1. The molecule has 9 heteroatoms. The van der Waals surface area contributed by atoms with Gasteiger partial charge in [-0.25, -0.2) is 4.99 Å². The molecule has 2 heterocycles. The van der Waals surface area contributed by atoms with Crippen LogP contribution in [0.2, 0.25) is 0 Å². The molecule has 1 saturated heterocycles. The fourth-order valence-electron chi connectivity index (χ4n) is 2.91. The second-order valence-electron chi connectivity index (χ2n) is 6.44. The minimum absolute atomic E-state index is 0.126. The Labute approximate surface area is 171 Å². The zero-order valence-corrected chi connectivity index (χ0v) is 16.0. The molecule has 4 rings (SSSR count). The number of carbonyl (C=O) groups is 3. The molecule has 0 bridgehead atoms. The third-order valence-corrected chi connectivity index (χ3v) is 4.33. The van der Waals surface area contributed by atoms with Gasteiger partial charge in [0.05, 0.1) is 7.11 Å². The highest BCUT2D eigenvalue weighted by molar-refractivity contribution is 6.21. The van der Waals surface area contributed by atoms with E-state index in [9.17, 15) is 14.4 Å². The predicted octanol–water partition coefficient (Wildman–Crippen LogP) is 1.23. The van der Waals surface area contributed by atoms with E-state index < -0.39 is 17.7 Å². The van der Waals surface area contributed by atoms with Gasteiger partial charge >= 0.3 is 0 Å². The summed E-state index contributed by atoms with van der Waals surface area (Å²) < 4.78 is 5.14. The Morgan fingerprint density at radius 1 is 1.00 bits per heavy atom. The summed E-state index contributed by atoms with van der Waals surface area (Å²) in [6.07, 6.45) is 1.33. The van der Waals surface area contributed by atoms with Gasteiger partial charge in [-0.3, -0.25) is 25.0 Å². The van der Waals surface area contributed by atoms with Crippen molar-refractivity contribution in [3.63, 3.8) is 0 Å². The van der Waals surface area contributed by atoms with Gasteiger partial charge in [0.2, 0.25) is 17.8 Å². The lowest BCUT2D eigenvalue weighted by atomic mass is 10.2. The molecule has 150 valence electrons. The highest BCUT2D eigenvalue weighted by atomic mass is 16.5. The smallest absolute Gasteiger partial charge is 0.298 e. The summed E-state index contributed by atoms with van der Waals surface area (Å²) in [5.41, 5.74) is 1.57. The molecule has 0 unspecified atom stereocenters. The molecular formula is C21H17N5O4. The van der Waals surface area contributed by atoms with Gasteiger partial charge in [-0.15, -0.1) is 5.10 Å². The molecule has 1 fully saturated rings. The molecule has 0 atom stereocenters. The molecule has 30 heavy (non-hydrogen) atoms. The van der Waals surface area contributed by atoms with Crippen molar-refractivity contribution in [3.05, 3.63) is 71.4 Å². The molecule has 2 aromatic carbocycles. The number of nitrogens with zero attached hydrogens (tertiary/aromatic N) is 3. The summed E-state index contributed by atoms with van der Waals surface area (Å²) in [5.74, 6) is -0.653. The van der Waals surface area contributed by atoms with Gasteiger partial charge in [0.1, 0.15) is 17.9 Å². The van der Waals surface area contributed by atoms with Gasteiger partial charge < -0.3 is 4.74 Å². The van der Waals surface area contributed by atoms with Crippen LogP contribution in [0.5, 0.6) is 5.75 Å². The molecule has 2 aliphatic heterocycles.